The van der Waals surface area contributed by atoms with Crippen LogP contribution in [-0.2, 0) is 14.8 Å². The number of nitrogens with one attached hydrogen (secondary N) is 2. The van der Waals surface area contributed by atoms with E-state index in [2.05, 4.69) is 14.9 Å². The summed E-state index contributed by atoms with van der Waals surface area (Å²) in [6.07, 6.45) is 0. The first-order valence-electron chi connectivity index (χ1n) is 9.70. The third-order valence-corrected chi connectivity index (χ3v) is 7.72. The Kier molecular flexibility index (Phi) is 6.33. The predicted octanol–water partition coefficient (Wildman–Crippen LogP) is 2.76. The Labute approximate surface area is 179 Å². The molecular weight excluding hydrogens is 422 g/mol. The first-order chi connectivity index (χ1) is 14.5. The molecule has 0 radical (unpaired) electrons. The summed E-state index contributed by atoms with van der Waals surface area (Å²) < 4.78 is 33.6. The van der Waals surface area contributed by atoms with E-state index in [1.165, 1.54) is 6.07 Å². The van der Waals surface area contributed by atoms with E-state index in [1.54, 1.807) is 23.6 Å². The molecule has 3 aromatic rings. The van der Waals surface area contributed by atoms with E-state index in [1.807, 2.05) is 24.3 Å². The number of anilines is 1. The molecule has 2 aromatic carbocycles. The molecule has 9 heteroatoms. The molecule has 7 nitrogen and oxygen atoms in total. The van der Waals surface area contributed by atoms with Gasteiger partial charge in [-0.25, -0.2) is 8.42 Å². The van der Waals surface area contributed by atoms with Gasteiger partial charge in [-0.15, -0.1) is 11.3 Å². The fourth-order valence-electron chi connectivity index (χ4n) is 3.37. The number of carbonyl (C=O) groups is 1. The molecule has 0 atom stereocenters. The number of sulfonamides is 1. The van der Waals surface area contributed by atoms with E-state index >= 15 is 0 Å². The van der Waals surface area contributed by atoms with Crippen molar-refractivity contribution in [1.82, 2.24) is 10.2 Å². The van der Waals surface area contributed by atoms with Crippen LogP contribution in [-0.4, -0.2) is 58.6 Å². The zero-order valence-corrected chi connectivity index (χ0v) is 18.0. The van der Waals surface area contributed by atoms with Gasteiger partial charge in [-0.05, 0) is 34.4 Å². The van der Waals surface area contributed by atoms with Crippen molar-refractivity contribution in [3.8, 4) is 0 Å². The van der Waals surface area contributed by atoms with Crippen molar-refractivity contribution in [3.05, 3.63) is 59.5 Å². The summed E-state index contributed by atoms with van der Waals surface area (Å²) in [5.74, 6) is -0.308. The lowest BCUT2D eigenvalue weighted by Gasteiger charge is -2.26. The van der Waals surface area contributed by atoms with Crippen LogP contribution in [0.25, 0.3) is 10.8 Å². The normalized spacial score (nSPS) is 15.2. The summed E-state index contributed by atoms with van der Waals surface area (Å²) in [6, 6.07) is 14.2. The molecule has 0 bridgehead atoms. The van der Waals surface area contributed by atoms with Crippen LogP contribution in [0, 0.1) is 0 Å². The van der Waals surface area contributed by atoms with Crippen molar-refractivity contribution >= 4 is 43.7 Å². The highest BCUT2D eigenvalue weighted by molar-refractivity contribution is 7.94. The van der Waals surface area contributed by atoms with Gasteiger partial charge in [0.2, 0.25) is 0 Å². The Balaban J connectivity index is 1.57. The molecule has 0 aliphatic carbocycles. The smallest absolute Gasteiger partial charge is 0.271 e. The van der Waals surface area contributed by atoms with E-state index in [9.17, 15) is 13.2 Å². The van der Waals surface area contributed by atoms with Gasteiger partial charge in [-0.3, -0.25) is 14.4 Å². The van der Waals surface area contributed by atoms with Crippen molar-refractivity contribution in [3.63, 3.8) is 0 Å². The Morgan fingerprint density at radius 1 is 1.07 bits per heavy atom. The van der Waals surface area contributed by atoms with Gasteiger partial charge in [0.25, 0.3) is 15.9 Å². The number of ether oxygens (including phenoxy) is 1. The molecular formula is C21H23N3O4S2. The molecule has 0 saturated carbocycles. The van der Waals surface area contributed by atoms with Crippen molar-refractivity contribution in [1.29, 1.82) is 0 Å². The van der Waals surface area contributed by atoms with Gasteiger partial charge in [0.15, 0.2) is 0 Å². The molecule has 1 aliphatic heterocycles. The molecule has 1 aliphatic rings. The summed E-state index contributed by atoms with van der Waals surface area (Å²) in [5.41, 5.74) is 0.571. The Hall–Kier alpha value is -2.46. The van der Waals surface area contributed by atoms with E-state index in [-0.39, 0.29) is 15.8 Å². The Morgan fingerprint density at radius 2 is 1.80 bits per heavy atom. The molecule has 1 aromatic heterocycles. The topological polar surface area (TPSA) is 87.7 Å². The number of hydrogen-bond donors (Lipinski definition) is 2. The van der Waals surface area contributed by atoms with Gasteiger partial charge >= 0.3 is 0 Å². The average Bonchev–Trinajstić information content (AvgIpc) is 3.30. The molecule has 30 heavy (non-hydrogen) atoms. The second-order valence-corrected chi connectivity index (χ2v) is 9.85. The first kappa shape index (κ1) is 20.8. The molecule has 0 spiro atoms. The van der Waals surface area contributed by atoms with Crippen LogP contribution in [0.3, 0.4) is 0 Å². The van der Waals surface area contributed by atoms with Crippen molar-refractivity contribution in [2.75, 3.05) is 44.1 Å². The number of carbonyl (C=O) groups excluding carboxylic acids is 1. The number of rotatable bonds is 7. The SMILES string of the molecule is O=C(NCCN1CCOCC1)c1cc2ccccc2cc1NS(=O)(=O)c1cccs1. The number of nitrogens with zero attached hydrogens (tertiary/aromatic N) is 1. The van der Waals surface area contributed by atoms with Crippen LogP contribution in [0.2, 0.25) is 0 Å². The minimum absolute atomic E-state index is 0.203. The maximum absolute atomic E-state index is 12.9. The fourth-order valence-corrected chi connectivity index (χ4v) is 5.44. The van der Waals surface area contributed by atoms with E-state index < -0.39 is 10.0 Å². The number of thiophene rings is 1. The average molecular weight is 446 g/mol. The zero-order valence-electron chi connectivity index (χ0n) is 16.3. The summed E-state index contributed by atoms with van der Waals surface area (Å²) in [4.78, 5) is 15.2. The molecule has 1 saturated heterocycles. The van der Waals surface area contributed by atoms with Gasteiger partial charge in [0.05, 0.1) is 24.5 Å². The highest BCUT2D eigenvalue weighted by Crippen LogP contribution is 2.27. The lowest BCUT2D eigenvalue weighted by molar-refractivity contribution is 0.0383. The largest absolute Gasteiger partial charge is 0.379 e. The third-order valence-electron chi connectivity index (χ3n) is 4.95. The van der Waals surface area contributed by atoms with Crippen LogP contribution in [0.1, 0.15) is 10.4 Å². The fraction of sp³-hybridized carbons (Fsp3) is 0.286. The summed E-state index contributed by atoms with van der Waals surface area (Å²) in [6.45, 7) is 4.29. The maximum atomic E-state index is 12.9. The van der Waals surface area contributed by atoms with E-state index in [0.717, 1.165) is 41.7 Å². The molecule has 2 heterocycles. The minimum atomic E-state index is -3.77. The summed E-state index contributed by atoms with van der Waals surface area (Å²) >= 11 is 1.13. The quantitative estimate of drug-likeness (QED) is 0.584. The van der Waals surface area contributed by atoms with Gasteiger partial charge in [0.1, 0.15) is 4.21 Å². The number of hydrogen-bond acceptors (Lipinski definition) is 6. The molecule has 1 amide bonds. The van der Waals surface area contributed by atoms with Crippen LogP contribution >= 0.6 is 11.3 Å². The highest BCUT2D eigenvalue weighted by Gasteiger charge is 2.20. The number of morpholine rings is 1. The maximum Gasteiger partial charge on any atom is 0.271 e. The molecule has 158 valence electrons. The Morgan fingerprint density at radius 3 is 2.50 bits per heavy atom. The number of amides is 1. The molecule has 2 N–H and O–H groups in total. The monoisotopic (exact) mass is 445 g/mol. The summed E-state index contributed by atoms with van der Waals surface area (Å²) in [5, 5.41) is 6.34. The van der Waals surface area contributed by atoms with E-state index in [0.29, 0.717) is 25.3 Å². The van der Waals surface area contributed by atoms with Gasteiger partial charge in [-0.1, -0.05) is 30.3 Å². The van der Waals surface area contributed by atoms with Crippen LogP contribution in [0.4, 0.5) is 5.69 Å². The van der Waals surface area contributed by atoms with Crippen LogP contribution in [0.15, 0.2) is 58.1 Å². The van der Waals surface area contributed by atoms with Crippen molar-refractivity contribution < 1.29 is 17.9 Å². The lowest BCUT2D eigenvalue weighted by Crippen LogP contribution is -2.41. The number of fused-ring (bicyclic) bond motifs is 1. The van der Waals surface area contributed by atoms with E-state index in [4.69, 9.17) is 4.74 Å². The van der Waals surface area contributed by atoms with Crippen LogP contribution < -0.4 is 10.0 Å². The van der Waals surface area contributed by atoms with Gasteiger partial charge < -0.3 is 10.1 Å². The zero-order chi connectivity index (χ0) is 21.0. The van der Waals surface area contributed by atoms with Crippen LogP contribution in [0.5, 0.6) is 0 Å². The Bertz CT molecular complexity index is 1120. The molecule has 4 rings (SSSR count). The lowest BCUT2D eigenvalue weighted by atomic mass is 10.0. The molecule has 1 fully saturated rings. The third kappa shape index (κ3) is 4.81. The first-order valence-corrected chi connectivity index (χ1v) is 12.1. The summed E-state index contributed by atoms with van der Waals surface area (Å²) in [7, 11) is -3.77. The van der Waals surface area contributed by atoms with Crippen molar-refractivity contribution in [2.45, 2.75) is 4.21 Å². The second-order valence-electron chi connectivity index (χ2n) is 6.99. The van der Waals surface area contributed by atoms with Crippen molar-refractivity contribution in [2.24, 2.45) is 0 Å². The van der Waals surface area contributed by atoms with Gasteiger partial charge in [0, 0.05) is 26.2 Å². The predicted molar refractivity (Wildman–Crippen MR) is 119 cm³/mol. The molecule has 0 unspecified atom stereocenters. The van der Waals surface area contributed by atoms with Gasteiger partial charge in [-0.2, -0.15) is 0 Å². The highest BCUT2D eigenvalue weighted by atomic mass is 32.2. The second kappa shape index (κ2) is 9.13. The standard InChI is InChI=1S/C21H23N3O4S2/c25-21(22-7-8-24-9-11-28-12-10-24)18-14-16-4-1-2-5-17(16)15-19(18)23-30(26,27)20-6-3-13-29-20/h1-6,13-15,23H,7-12H2,(H,22,25). The minimum Gasteiger partial charge on any atom is -0.379 e. The number of benzene rings is 2.